The monoisotopic (exact) mass is 260 g/mol. The topological polar surface area (TPSA) is 74.6 Å². The molecule has 1 rings (SSSR count). The Labute approximate surface area is 104 Å². The van der Waals surface area contributed by atoms with E-state index in [0.29, 0.717) is 4.90 Å². The normalized spacial score (nSPS) is 10.9. The van der Waals surface area contributed by atoms with Gasteiger partial charge in [-0.05, 0) is 19.1 Å². The first kappa shape index (κ1) is 14.9. The molecule has 1 aromatic carbocycles. The molecule has 0 heterocycles. The lowest BCUT2D eigenvalue weighted by molar-refractivity contribution is -0.136. The van der Waals surface area contributed by atoms with E-state index in [1.807, 2.05) is 0 Å². The summed E-state index contributed by atoms with van der Waals surface area (Å²) in [4.78, 5) is 20.5. The molecule has 4 nitrogen and oxygen atoms in total. The number of hydrogen-bond donors (Lipinski definition) is 4. The highest BCUT2D eigenvalue weighted by Crippen LogP contribution is 2.11. The number of aromatic carboxylic acids is 1. The van der Waals surface area contributed by atoms with E-state index in [4.69, 9.17) is 10.2 Å². The van der Waals surface area contributed by atoms with E-state index in [-0.39, 0.29) is 5.56 Å². The molecule has 1 aromatic rings. The van der Waals surface area contributed by atoms with Gasteiger partial charge in [0.1, 0.15) is 0 Å². The first-order valence-corrected chi connectivity index (χ1v) is 5.24. The number of thiol groups is 2. The molecule has 0 aliphatic carbocycles. The highest BCUT2D eigenvalue weighted by atomic mass is 32.1. The second kappa shape index (κ2) is 7.19. The Morgan fingerprint density at radius 2 is 1.69 bits per heavy atom. The Hall–Kier alpha value is -1.14. The number of carboxylic acid groups (broad SMARTS) is 2. The summed E-state index contributed by atoms with van der Waals surface area (Å²) in [5.74, 6) is -1.82. The quantitative estimate of drug-likeness (QED) is 0.614. The number of aliphatic carboxylic acids is 1. The van der Waals surface area contributed by atoms with Crippen molar-refractivity contribution in [1.82, 2.24) is 0 Å². The van der Waals surface area contributed by atoms with E-state index in [2.05, 4.69) is 25.3 Å². The molecule has 88 valence electrons. The van der Waals surface area contributed by atoms with E-state index in [0.717, 1.165) is 0 Å². The number of carbonyl (C=O) groups is 2. The average molecular weight is 260 g/mol. The molecule has 0 saturated heterocycles. The zero-order chi connectivity index (χ0) is 12.7. The number of carboxylic acids is 2. The van der Waals surface area contributed by atoms with Gasteiger partial charge in [0, 0.05) is 4.90 Å². The minimum atomic E-state index is -0.939. The van der Waals surface area contributed by atoms with Crippen molar-refractivity contribution in [3.8, 4) is 0 Å². The first-order chi connectivity index (χ1) is 7.36. The van der Waals surface area contributed by atoms with Gasteiger partial charge in [-0.3, -0.25) is 4.79 Å². The zero-order valence-electron chi connectivity index (χ0n) is 8.49. The van der Waals surface area contributed by atoms with Crippen LogP contribution in [0.4, 0.5) is 0 Å². The van der Waals surface area contributed by atoms with Crippen LogP contribution in [0.3, 0.4) is 0 Å². The summed E-state index contributed by atoms with van der Waals surface area (Å²) in [5.41, 5.74) is 0.242. The molecule has 6 heteroatoms. The van der Waals surface area contributed by atoms with Crippen LogP contribution in [0.15, 0.2) is 29.2 Å². The predicted octanol–water partition coefficient (Wildman–Crippen LogP) is 2.06. The van der Waals surface area contributed by atoms with Crippen LogP contribution in [0.5, 0.6) is 0 Å². The van der Waals surface area contributed by atoms with E-state index >= 15 is 0 Å². The molecule has 0 aliphatic rings. The van der Waals surface area contributed by atoms with Crippen molar-refractivity contribution in [2.24, 2.45) is 0 Å². The van der Waals surface area contributed by atoms with Gasteiger partial charge in [0.15, 0.2) is 0 Å². The molecule has 0 bridgehead atoms. The maximum atomic E-state index is 10.4. The number of hydrogen-bond acceptors (Lipinski definition) is 4. The van der Waals surface area contributed by atoms with Crippen molar-refractivity contribution in [1.29, 1.82) is 0 Å². The molecule has 0 aliphatic heterocycles. The highest BCUT2D eigenvalue weighted by molar-refractivity contribution is 7.81. The maximum Gasteiger partial charge on any atom is 0.336 e. The molecular formula is C10H12O4S2. The third-order valence-electron chi connectivity index (χ3n) is 1.49. The molecule has 1 unspecified atom stereocenters. The lowest BCUT2D eigenvalue weighted by Crippen LogP contribution is -2.06. The third-order valence-corrected chi connectivity index (χ3v) is 2.10. The smallest absolute Gasteiger partial charge is 0.336 e. The molecule has 0 saturated carbocycles. The second-order valence-corrected chi connectivity index (χ2v) is 4.09. The van der Waals surface area contributed by atoms with Crippen molar-refractivity contribution in [2.45, 2.75) is 17.1 Å². The summed E-state index contributed by atoms with van der Waals surface area (Å²) in [6.45, 7) is 1.51. The van der Waals surface area contributed by atoms with Crippen LogP contribution in [0.2, 0.25) is 0 Å². The van der Waals surface area contributed by atoms with Gasteiger partial charge in [-0.25, -0.2) is 4.79 Å². The Kier molecular flexibility index (Phi) is 6.67. The van der Waals surface area contributed by atoms with Gasteiger partial charge < -0.3 is 10.2 Å². The van der Waals surface area contributed by atoms with Gasteiger partial charge in [-0.1, -0.05) is 12.1 Å². The fourth-order valence-electron chi connectivity index (χ4n) is 0.654. The van der Waals surface area contributed by atoms with Crippen molar-refractivity contribution >= 4 is 37.2 Å². The Morgan fingerprint density at radius 3 is 1.94 bits per heavy atom. The molecular weight excluding hydrogens is 248 g/mol. The molecule has 2 N–H and O–H groups in total. The summed E-state index contributed by atoms with van der Waals surface area (Å²) in [7, 11) is 0. The summed E-state index contributed by atoms with van der Waals surface area (Å²) in [6.07, 6.45) is 0. The molecule has 0 spiro atoms. The van der Waals surface area contributed by atoms with Gasteiger partial charge in [-0.2, -0.15) is 12.6 Å². The van der Waals surface area contributed by atoms with Gasteiger partial charge in [0.05, 0.1) is 10.8 Å². The number of benzene rings is 1. The minimum Gasteiger partial charge on any atom is -0.480 e. The van der Waals surface area contributed by atoms with Crippen LogP contribution < -0.4 is 0 Å². The van der Waals surface area contributed by atoms with Crippen LogP contribution in [0.25, 0.3) is 0 Å². The average Bonchev–Trinajstić information content (AvgIpc) is 2.18. The van der Waals surface area contributed by atoms with Crippen molar-refractivity contribution in [3.63, 3.8) is 0 Å². The Balaban J connectivity index is 0.000000325. The largest absolute Gasteiger partial charge is 0.480 e. The molecule has 16 heavy (non-hydrogen) atoms. The second-order valence-electron chi connectivity index (χ2n) is 2.84. The van der Waals surface area contributed by atoms with Crippen molar-refractivity contribution < 1.29 is 19.8 Å². The van der Waals surface area contributed by atoms with Crippen LogP contribution in [-0.2, 0) is 4.79 Å². The lowest BCUT2D eigenvalue weighted by atomic mass is 10.2. The molecule has 1 atom stereocenters. The first-order valence-electron chi connectivity index (χ1n) is 4.28. The van der Waals surface area contributed by atoms with E-state index in [1.165, 1.54) is 13.0 Å². The van der Waals surface area contributed by atoms with Crippen LogP contribution in [-0.4, -0.2) is 27.4 Å². The Bertz CT molecular complexity index is 377. The molecule has 0 amide bonds. The summed E-state index contributed by atoms with van der Waals surface area (Å²) < 4.78 is 0. The minimum absolute atomic E-state index is 0.242. The third kappa shape index (κ3) is 5.67. The van der Waals surface area contributed by atoms with E-state index in [1.54, 1.807) is 18.2 Å². The standard InChI is InChI=1S/C7H6O2S.C3H6O2S/c8-7(9)5-3-1-2-4-6(5)10;1-2(6)3(4)5/h1-4,10H,(H,8,9);2,6H,1H3,(H,4,5). The summed E-state index contributed by atoms with van der Waals surface area (Å²) >= 11 is 7.55. The fraction of sp³-hybridized carbons (Fsp3) is 0.200. The van der Waals surface area contributed by atoms with Crippen LogP contribution in [0.1, 0.15) is 17.3 Å². The summed E-state index contributed by atoms with van der Waals surface area (Å²) in [6, 6.07) is 6.58. The molecule has 0 radical (unpaired) electrons. The van der Waals surface area contributed by atoms with Crippen molar-refractivity contribution in [2.75, 3.05) is 0 Å². The molecule has 0 aromatic heterocycles. The van der Waals surface area contributed by atoms with Crippen LogP contribution in [0, 0.1) is 0 Å². The SMILES string of the molecule is CC(S)C(=O)O.O=C(O)c1ccccc1S. The fourth-order valence-corrected chi connectivity index (χ4v) is 0.911. The maximum absolute atomic E-state index is 10.4. The molecule has 0 fully saturated rings. The van der Waals surface area contributed by atoms with E-state index in [9.17, 15) is 9.59 Å². The van der Waals surface area contributed by atoms with Gasteiger partial charge >= 0.3 is 11.9 Å². The van der Waals surface area contributed by atoms with Gasteiger partial charge in [0.2, 0.25) is 0 Å². The van der Waals surface area contributed by atoms with E-state index < -0.39 is 17.2 Å². The van der Waals surface area contributed by atoms with Gasteiger partial charge in [-0.15, -0.1) is 12.6 Å². The number of rotatable bonds is 2. The van der Waals surface area contributed by atoms with Crippen LogP contribution >= 0.6 is 25.3 Å². The van der Waals surface area contributed by atoms with Crippen molar-refractivity contribution in [3.05, 3.63) is 29.8 Å². The van der Waals surface area contributed by atoms with Gasteiger partial charge in [0.25, 0.3) is 0 Å². The zero-order valence-corrected chi connectivity index (χ0v) is 10.3. The predicted molar refractivity (Wildman–Crippen MR) is 66.7 cm³/mol. The Morgan fingerprint density at radius 1 is 1.25 bits per heavy atom. The summed E-state index contributed by atoms with van der Waals surface area (Å²) in [5, 5.41) is 15.9. The lowest BCUT2D eigenvalue weighted by Gasteiger charge is -1.95. The highest BCUT2D eigenvalue weighted by Gasteiger charge is 2.03.